The molecule has 1 aromatic rings. The van der Waals surface area contributed by atoms with Crippen LogP contribution in [0.2, 0.25) is 5.02 Å². The summed E-state index contributed by atoms with van der Waals surface area (Å²) in [7, 11) is 2.10. The lowest BCUT2D eigenvalue weighted by molar-refractivity contribution is 0.342. The van der Waals surface area contributed by atoms with Crippen molar-refractivity contribution in [2.75, 3.05) is 7.05 Å². The second kappa shape index (κ2) is 7.46. The molecule has 20 heavy (non-hydrogen) atoms. The Morgan fingerprint density at radius 3 is 2.65 bits per heavy atom. The first-order valence-corrected chi connectivity index (χ1v) is 8.50. The van der Waals surface area contributed by atoms with E-state index in [0.717, 1.165) is 30.1 Å². The van der Waals surface area contributed by atoms with E-state index in [9.17, 15) is 0 Å². The van der Waals surface area contributed by atoms with Crippen LogP contribution in [0.3, 0.4) is 0 Å². The number of halogens is 1. The van der Waals surface area contributed by atoms with Crippen molar-refractivity contribution in [1.82, 2.24) is 15.1 Å². The predicted molar refractivity (Wildman–Crippen MR) is 85.4 cm³/mol. The van der Waals surface area contributed by atoms with Gasteiger partial charge in [0, 0.05) is 12.6 Å². The first-order valence-electron chi connectivity index (χ1n) is 8.12. The van der Waals surface area contributed by atoms with Crippen LogP contribution in [-0.2, 0) is 19.4 Å². The van der Waals surface area contributed by atoms with Gasteiger partial charge in [0.25, 0.3) is 0 Å². The molecule has 1 heterocycles. The van der Waals surface area contributed by atoms with Gasteiger partial charge in [-0.05, 0) is 45.6 Å². The molecule has 0 spiro atoms. The molecule has 1 aliphatic rings. The van der Waals surface area contributed by atoms with Crippen molar-refractivity contribution in [3.63, 3.8) is 0 Å². The quantitative estimate of drug-likeness (QED) is 0.837. The van der Waals surface area contributed by atoms with Crippen molar-refractivity contribution >= 4 is 11.6 Å². The third-order valence-corrected chi connectivity index (χ3v) is 5.12. The van der Waals surface area contributed by atoms with E-state index in [1.807, 2.05) is 0 Å². The third kappa shape index (κ3) is 3.37. The average molecular weight is 298 g/mol. The molecule has 4 heteroatoms. The van der Waals surface area contributed by atoms with Crippen LogP contribution in [-0.4, -0.2) is 22.9 Å². The Kier molecular flexibility index (Phi) is 5.91. The van der Waals surface area contributed by atoms with E-state index >= 15 is 0 Å². The monoisotopic (exact) mass is 297 g/mol. The Labute approximate surface area is 128 Å². The normalized spacial score (nSPS) is 23.8. The highest BCUT2D eigenvalue weighted by molar-refractivity contribution is 6.31. The van der Waals surface area contributed by atoms with Gasteiger partial charge in [-0.3, -0.25) is 4.68 Å². The largest absolute Gasteiger partial charge is 0.317 e. The molecule has 2 unspecified atom stereocenters. The summed E-state index contributed by atoms with van der Waals surface area (Å²) < 4.78 is 2.11. The summed E-state index contributed by atoms with van der Waals surface area (Å²) in [5.74, 6) is 0.687. The van der Waals surface area contributed by atoms with Gasteiger partial charge in [0.1, 0.15) is 0 Å². The molecule has 0 bridgehead atoms. The first-order chi connectivity index (χ1) is 9.71. The molecular weight excluding hydrogens is 270 g/mol. The van der Waals surface area contributed by atoms with Crippen LogP contribution in [0.5, 0.6) is 0 Å². The van der Waals surface area contributed by atoms with Crippen LogP contribution in [0.4, 0.5) is 0 Å². The molecule has 1 aliphatic carbocycles. The third-order valence-electron chi connectivity index (χ3n) is 4.68. The van der Waals surface area contributed by atoms with Crippen LogP contribution in [0, 0.1) is 5.92 Å². The van der Waals surface area contributed by atoms with Gasteiger partial charge < -0.3 is 5.32 Å². The Morgan fingerprint density at radius 1 is 1.25 bits per heavy atom. The Hall–Kier alpha value is -0.540. The Morgan fingerprint density at radius 2 is 2.00 bits per heavy atom. The molecule has 0 radical (unpaired) electrons. The topological polar surface area (TPSA) is 29.9 Å². The summed E-state index contributed by atoms with van der Waals surface area (Å²) in [6.45, 7) is 5.18. The van der Waals surface area contributed by atoms with Crippen LogP contribution >= 0.6 is 11.6 Å². The van der Waals surface area contributed by atoms with Crippen molar-refractivity contribution in [3.05, 3.63) is 16.4 Å². The summed E-state index contributed by atoms with van der Waals surface area (Å²) >= 11 is 6.56. The molecule has 1 fully saturated rings. The van der Waals surface area contributed by atoms with Gasteiger partial charge in [0.2, 0.25) is 0 Å². The number of nitrogens with zero attached hydrogens (tertiary/aromatic N) is 2. The number of aryl methyl sites for hydroxylation is 2. The van der Waals surface area contributed by atoms with E-state index < -0.39 is 0 Å². The molecule has 3 nitrogen and oxygen atoms in total. The second-order valence-electron chi connectivity index (χ2n) is 5.87. The fourth-order valence-electron chi connectivity index (χ4n) is 3.47. The van der Waals surface area contributed by atoms with E-state index in [-0.39, 0.29) is 0 Å². The molecule has 2 atom stereocenters. The van der Waals surface area contributed by atoms with Gasteiger partial charge in [0.05, 0.1) is 16.4 Å². The van der Waals surface area contributed by atoms with Gasteiger partial charge >= 0.3 is 0 Å². The van der Waals surface area contributed by atoms with Crippen molar-refractivity contribution in [1.29, 1.82) is 0 Å². The van der Waals surface area contributed by atoms with Gasteiger partial charge in [-0.15, -0.1) is 0 Å². The van der Waals surface area contributed by atoms with Crippen molar-refractivity contribution in [2.24, 2.45) is 5.92 Å². The minimum absolute atomic E-state index is 0.624. The second-order valence-corrected chi connectivity index (χ2v) is 6.25. The van der Waals surface area contributed by atoms with Crippen LogP contribution in [0.25, 0.3) is 0 Å². The first kappa shape index (κ1) is 15.8. The van der Waals surface area contributed by atoms with E-state index in [1.165, 1.54) is 37.8 Å². The highest BCUT2D eigenvalue weighted by Gasteiger charge is 2.25. The summed E-state index contributed by atoms with van der Waals surface area (Å²) in [4.78, 5) is 0. The molecule has 2 rings (SSSR count). The molecule has 0 amide bonds. The summed E-state index contributed by atoms with van der Waals surface area (Å²) in [5, 5.41) is 9.08. The van der Waals surface area contributed by atoms with Gasteiger partial charge in [-0.1, -0.05) is 37.8 Å². The molecule has 0 aromatic carbocycles. The summed E-state index contributed by atoms with van der Waals surface area (Å²) in [6, 6.07) is 0.624. The maximum atomic E-state index is 6.56. The van der Waals surface area contributed by atoms with Gasteiger partial charge in [-0.25, -0.2) is 0 Å². The summed E-state index contributed by atoms with van der Waals surface area (Å²) in [6.07, 6.45) is 8.64. The zero-order valence-corrected chi connectivity index (χ0v) is 13.8. The standard InChI is InChI=1S/C16H28ClN3/c1-4-13-16(17)15(20(5-2)19-13)11-12-9-7-6-8-10-14(12)18-3/h12,14,18H,4-11H2,1-3H3. The van der Waals surface area contributed by atoms with Gasteiger partial charge in [0.15, 0.2) is 0 Å². The van der Waals surface area contributed by atoms with Gasteiger partial charge in [-0.2, -0.15) is 5.10 Å². The minimum Gasteiger partial charge on any atom is -0.317 e. The Balaban J connectivity index is 2.20. The number of aromatic nitrogens is 2. The van der Waals surface area contributed by atoms with E-state index in [1.54, 1.807) is 0 Å². The smallest absolute Gasteiger partial charge is 0.0849 e. The lowest BCUT2D eigenvalue weighted by Crippen LogP contribution is -2.34. The lowest BCUT2D eigenvalue weighted by Gasteiger charge is -2.25. The highest BCUT2D eigenvalue weighted by Crippen LogP contribution is 2.30. The predicted octanol–water partition coefficient (Wildman–Crippen LogP) is 3.83. The average Bonchev–Trinajstić information content (AvgIpc) is 2.64. The number of nitrogens with one attached hydrogen (secondary N) is 1. The Bertz CT molecular complexity index is 428. The SMILES string of the molecule is CCc1nn(CC)c(CC2CCCCCC2NC)c1Cl. The molecule has 114 valence electrons. The van der Waals surface area contributed by atoms with Crippen molar-refractivity contribution in [3.8, 4) is 0 Å². The summed E-state index contributed by atoms with van der Waals surface area (Å²) in [5.41, 5.74) is 2.30. The maximum Gasteiger partial charge on any atom is 0.0849 e. The maximum absolute atomic E-state index is 6.56. The van der Waals surface area contributed by atoms with E-state index in [2.05, 4.69) is 36.0 Å². The fraction of sp³-hybridized carbons (Fsp3) is 0.812. The van der Waals surface area contributed by atoms with Crippen molar-refractivity contribution < 1.29 is 0 Å². The highest BCUT2D eigenvalue weighted by atomic mass is 35.5. The molecular formula is C16H28ClN3. The zero-order chi connectivity index (χ0) is 14.5. The molecule has 1 saturated carbocycles. The zero-order valence-electron chi connectivity index (χ0n) is 13.1. The molecule has 1 aromatic heterocycles. The molecule has 0 aliphatic heterocycles. The van der Waals surface area contributed by atoms with Crippen LogP contribution < -0.4 is 5.32 Å². The van der Waals surface area contributed by atoms with Crippen LogP contribution in [0.1, 0.15) is 57.3 Å². The van der Waals surface area contributed by atoms with E-state index in [4.69, 9.17) is 11.6 Å². The number of rotatable bonds is 5. The number of hydrogen-bond acceptors (Lipinski definition) is 2. The molecule has 0 saturated heterocycles. The van der Waals surface area contributed by atoms with Crippen LogP contribution in [0.15, 0.2) is 0 Å². The minimum atomic E-state index is 0.624. The van der Waals surface area contributed by atoms with Crippen molar-refractivity contribution in [2.45, 2.75) is 71.4 Å². The lowest BCUT2D eigenvalue weighted by atomic mass is 9.90. The van der Waals surface area contributed by atoms with E-state index in [0.29, 0.717) is 12.0 Å². The fourth-order valence-corrected chi connectivity index (χ4v) is 3.82. The number of hydrogen-bond donors (Lipinski definition) is 1. The molecule has 1 N–H and O–H groups in total.